The zero-order valence-electron chi connectivity index (χ0n) is 10.6. The van der Waals surface area contributed by atoms with Crippen molar-refractivity contribution in [2.24, 2.45) is 23.2 Å². The molecule has 2 atom stereocenters. The summed E-state index contributed by atoms with van der Waals surface area (Å²) in [6.07, 6.45) is 1.94. The number of carbonyl (C=O) groups excluding carboxylic acids is 1. The van der Waals surface area contributed by atoms with Gasteiger partial charge < -0.3 is 4.74 Å². The number of methoxy groups -OCH3 is 1. The molecule has 1 fully saturated rings. The molecule has 0 heterocycles. The maximum Gasteiger partial charge on any atom is 0.309 e. The maximum absolute atomic E-state index is 11.5. The molecule has 3 heteroatoms. The predicted octanol–water partition coefficient (Wildman–Crippen LogP) is 2.54. The molecule has 0 aromatic rings. The number of esters is 1. The minimum atomic E-state index is -0.174. The van der Waals surface area contributed by atoms with Crippen molar-refractivity contribution in [1.29, 1.82) is 5.26 Å². The highest BCUT2D eigenvalue weighted by molar-refractivity contribution is 5.78. The molecule has 88 valence electrons. The zero-order chi connectivity index (χ0) is 12.5. The van der Waals surface area contributed by atoms with Gasteiger partial charge in [-0.3, -0.25) is 4.79 Å². The Hall–Kier alpha value is -1.30. The molecule has 1 aliphatic carbocycles. The second kappa shape index (κ2) is 4.29. The van der Waals surface area contributed by atoms with Crippen LogP contribution < -0.4 is 0 Å². The van der Waals surface area contributed by atoms with Crippen molar-refractivity contribution in [3.63, 3.8) is 0 Å². The summed E-state index contributed by atoms with van der Waals surface area (Å²) < 4.78 is 4.76. The first kappa shape index (κ1) is 12.8. The monoisotopic (exact) mass is 221 g/mol. The SMILES string of the molecule is COC(=O)[C@@H]1[C@@H](/C=C(\C#N)C(C)C)C1(C)C. The van der Waals surface area contributed by atoms with E-state index in [2.05, 4.69) is 6.07 Å². The number of hydrogen-bond acceptors (Lipinski definition) is 3. The highest BCUT2D eigenvalue weighted by Gasteiger charge is 2.61. The summed E-state index contributed by atoms with van der Waals surface area (Å²) in [6.45, 7) is 8.03. The Morgan fingerprint density at radius 2 is 2.06 bits per heavy atom. The number of ether oxygens (including phenoxy) is 1. The van der Waals surface area contributed by atoms with E-state index in [-0.39, 0.29) is 29.1 Å². The lowest BCUT2D eigenvalue weighted by molar-refractivity contribution is -0.143. The van der Waals surface area contributed by atoms with Crippen LogP contribution in [0.25, 0.3) is 0 Å². The van der Waals surface area contributed by atoms with Crippen LogP contribution in [-0.2, 0) is 9.53 Å². The molecule has 0 radical (unpaired) electrons. The second-order valence-electron chi connectivity index (χ2n) is 5.24. The number of rotatable bonds is 3. The highest BCUT2D eigenvalue weighted by atomic mass is 16.5. The summed E-state index contributed by atoms with van der Waals surface area (Å²) in [6, 6.07) is 2.20. The standard InChI is InChI=1S/C13H19NO2/c1-8(2)9(7-14)6-10-11(12(15)16-5)13(10,3)4/h6,8,10-11H,1-5H3/b9-6+/t10-,11+/m1/s1. The Morgan fingerprint density at radius 3 is 2.44 bits per heavy atom. The Balaban J connectivity index is 2.86. The van der Waals surface area contributed by atoms with Gasteiger partial charge in [-0.05, 0) is 17.3 Å². The van der Waals surface area contributed by atoms with Crippen molar-refractivity contribution >= 4 is 5.97 Å². The van der Waals surface area contributed by atoms with Gasteiger partial charge in [-0.25, -0.2) is 0 Å². The van der Waals surface area contributed by atoms with Gasteiger partial charge in [0.25, 0.3) is 0 Å². The van der Waals surface area contributed by atoms with Crippen LogP contribution in [0.2, 0.25) is 0 Å². The first-order valence-corrected chi connectivity index (χ1v) is 5.55. The third kappa shape index (κ3) is 2.11. The largest absolute Gasteiger partial charge is 0.469 e. The van der Waals surface area contributed by atoms with E-state index in [9.17, 15) is 4.79 Å². The number of carbonyl (C=O) groups is 1. The van der Waals surface area contributed by atoms with Crippen LogP contribution >= 0.6 is 0 Å². The van der Waals surface area contributed by atoms with Gasteiger partial charge in [0.15, 0.2) is 0 Å². The van der Waals surface area contributed by atoms with E-state index in [0.717, 1.165) is 5.57 Å². The maximum atomic E-state index is 11.5. The van der Waals surface area contributed by atoms with Crippen molar-refractivity contribution in [2.75, 3.05) is 7.11 Å². The van der Waals surface area contributed by atoms with Crippen LogP contribution in [-0.4, -0.2) is 13.1 Å². The molecule has 0 unspecified atom stereocenters. The molecule has 0 aliphatic heterocycles. The quantitative estimate of drug-likeness (QED) is 0.543. The van der Waals surface area contributed by atoms with Crippen LogP contribution in [0.1, 0.15) is 27.7 Å². The van der Waals surface area contributed by atoms with E-state index >= 15 is 0 Å². The lowest BCUT2D eigenvalue weighted by Crippen LogP contribution is -2.07. The molecular weight excluding hydrogens is 202 g/mol. The van der Waals surface area contributed by atoms with Gasteiger partial charge in [0.1, 0.15) is 0 Å². The van der Waals surface area contributed by atoms with E-state index in [0.29, 0.717) is 0 Å². The molecule has 3 nitrogen and oxygen atoms in total. The minimum absolute atomic E-state index is 0.0793. The first-order chi connectivity index (χ1) is 7.36. The number of allylic oxidation sites excluding steroid dienone is 2. The molecule has 0 N–H and O–H groups in total. The highest BCUT2D eigenvalue weighted by Crippen LogP contribution is 2.59. The van der Waals surface area contributed by atoms with E-state index < -0.39 is 0 Å². The van der Waals surface area contributed by atoms with Gasteiger partial charge in [-0.15, -0.1) is 0 Å². The van der Waals surface area contributed by atoms with Crippen LogP contribution in [0.3, 0.4) is 0 Å². The van der Waals surface area contributed by atoms with Crippen LogP contribution in [0.15, 0.2) is 11.6 Å². The van der Waals surface area contributed by atoms with Gasteiger partial charge in [0.2, 0.25) is 0 Å². The first-order valence-electron chi connectivity index (χ1n) is 5.55. The van der Waals surface area contributed by atoms with Gasteiger partial charge in [0.05, 0.1) is 19.1 Å². The van der Waals surface area contributed by atoms with Gasteiger partial charge in [-0.1, -0.05) is 33.8 Å². The topological polar surface area (TPSA) is 50.1 Å². The molecule has 1 aliphatic rings. The molecule has 0 amide bonds. The Kier molecular flexibility index (Phi) is 3.42. The fraction of sp³-hybridized carbons (Fsp3) is 0.692. The van der Waals surface area contributed by atoms with E-state index in [1.165, 1.54) is 7.11 Å². The average Bonchev–Trinajstić information content (AvgIpc) is 2.75. The molecule has 0 bridgehead atoms. The Bertz CT molecular complexity index is 361. The van der Waals surface area contributed by atoms with Gasteiger partial charge in [-0.2, -0.15) is 5.26 Å². The summed E-state index contributed by atoms with van der Waals surface area (Å²) in [5.41, 5.74) is 0.675. The lowest BCUT2D eigenvalue weighted by Gasteiger charge is -2.02. The van der Waals surface area contributed by atoms with E-state index in [1.54, 1.807) is 0 Å². The number of hydrogen-bond donors (Lipinski definition) is 0. The smallest absolute Gasteiger partial charge is 0.309 e. The summed E-state index contributed by atoms with van der Waals surface area (Å²) in [4.78, 5) is 11.5. The van der Waals surface area contributed by atoms with Crippen molar-refractivity contribution < 1.29 is 9.53 Å². The summed E-state index contributed by atoms with van der Waals surface area (Å²) in [7, 11) is 1.41. The Morgan fingerprint density at radius 1 is 1.50 bits per heavy atom. The van der Waals surface area contributed by atoms with Crippen LogP contribution in [0.5, 0.6) is 0 Å². The predicted molar refractivity (Wildman–Crippen MR) is 61.3 cm³/mol. The fourth-order valence-electron chi connectivity index (χ4n) is 2.12. The summed E-state index contributed by atoms with van der Waals surface area (Å²) in [5, 5.41) is 8.99. The van der Waals surface area contributed by atoms with Gasteiger partial charge in [0, 0.05) is 5.57 Å². The number of nitrogens with zero attached hydrogens (tertiary/aromatic N) is 1. The van der Waals surface area contributed by atoms with Crippen LogP contribution in [0, 0.1) is 34.5 Å². The molecule has 0 spiro atoms. The van der Waals surface area contributed by atoms with Crippen molar-refractivity contribution in [1.82, 2.24) is 0 Å². The normalized spacial score (nSPS) is 27.4. The van der Waals surface area contributed by atoms with Crippen molar-refractivity contribution in [2.45, 2.75) is 27.7 Å². The van der Waals surface area contributed by atoms with Crippen molar-refractivity contribution in [3.8, 4) is 6.07 Å². The average molecular weight is 221 g/mol. The van der Waals surface area contributed by atoms with Crippen molar-refractivity contribution in [3.05, 3.63) is 11.6 Å². The third-order valence-corrected chi connectivity index (χ3v) is 3.48. The molecule has 0 aromatic carbocycles. The number of nitriles is 1. The molecule has 0 saturated heterocycles. The molecule has 0 aromatic heterocycles. The third-order valence-electron chi connectivity index (χ3n) is 3.48. The molecule has 1 saturated carbocycles. The fourth-order valence-corrected chi connectivity index (χ4v) is 2.12. The summed E-state index contributed by atoms with van der Waals surface area (Å²) in [5.74, 6) is 0.0728. The zero-order valence-corrected chi connectivity index (χ0v) is 10.6. The van der Waals surface area contributed by atoms with Crippen LogP contribution in [0.4, 0.5) is 0 Å². The van der Waals surface area contributed by atoms with E-state index in [1.807, 2.05) is 33.8 Å². The molecule has 1 rings (SSSR count). The molecular formula is C13H19NO2. The Labute approximate surface area is 97.1 Å². The molecule has 16 heavy (non-hydrogen) atoms. The second-order valence-corrected chi connectivity index (χ2v) is 5.24. The van der Waals surface area contributed by atoms with E-state index in [4.69, 9.17) is 10.00 Å². The minimum Gasteiger partial charge on any atom is -0.469 e. The van der Waals surface area contributed by atoms with Gasteiger partial charge >= 0.3 is 5.97 Å². The lowest BCUT2D eigenvalue weighted by atomic mass is 10.0. The summed E-state index contributed by atoms with van der Waals surface area (Å²) >= 11 is 0.